The molecule has 0 aliphatic carbocycles. The van der Waals surface area contributed by atoms with Gasteiger partial charge in [-0.3, -0.25) is 9.59 Å². The van der Waals surface area contributed by atoms with Crippen molar-refractivity contribution in [1.29, 1.82) is 0 Å². The van der Waals surface area contributed by atoms with Crippen molar-refractivity contribution in [3.8, 4) is 11.3 Å². The Morgan fingerprint density at radius 3 is 2.84 bits per heavy atom. The van der Waals surface area contributed by atoms with Gasteiger partial charge < -0.3 is 14.7 Å². The van der Waals surface area contributed by atoms with Crippen LogP contribution in [0.15, 0.2) is 34.9 Å². The number of carbonyl (C=O) groups is 2. The fraction of sp³-hybridized carbons (Fsp3) is 0.391. The van der Waals surface area contributed by atoms with Crippen LogP contribution in [-0.4, -0.2) is 46.5 Å². The second-order valence-corrected chi connectivity index (χ2v) is 7.81. The van der Waals surface area contributed by atoms with Gasteiger partial charge in [-0.05, 0) is 56.5 Å². The van der Waals surface area contributed by atoms with Crippen molar-refractivity contribution in [3.05, 3.63) is 47.4 Å². The van der Waals surface area contributed by atoms with E-state index in [1.54, 1.807) is 25.1 Å². The van der Waals surface area contributed by atoms with E-state index in [0.29, 0.717) is 53.8 Å². The van der Waals surface area contributed by atoms with Crippen LogP contribution in [-0.2, 0) is 4.79 Å². The van der Waals surface area contributed by atoms with Gasteiger partial charge in [0.2, 0.25) is 5.91 Å². The Labute approximate surface area is 179 Å². The van der Waals surface area contributed by atoms with Crippen LogP contribution in [0, 0.1) is 12.7 Å². The second kappa shape index (κ2) is 9.24. The molecule has 31 heavy (non-hydrogen) atoms. The van der Waals surface area contributed by atoms with E-state index in [1.807, 2.05) is 4.90 Å². The topological polar surface area (TPSA) is 88.3 Å². The quantitative estimate of drug-likeness (QED) is 0.607. The number of aromatic nitrogens is 2. The van der Waals surface area contributed by atoms with E-state index in [2.05, 4.69) is 15.5 Å². The summed E-state index contributed by atoms with van der Waals surface area (Å²) in [4.78, 5) is 31.4. The summed E-state index contributed by atoms with van der Waals surface area (Å²) in [6.45, 7) is 3.63. The van der Waals surface area contributed by atoms with Crippen LogP contribution in [0.3, 0.4) is 0 Å². The number of hydrogen-bond acceptors (Lipinski definition) is 5. The van der Waals surface area contributed by atoms with Crippen molar-refractivity contribution in [2.75, 3.05) is 19.6 Å². The molecule has 162 valence electrons. The first kappa shape index (κ1) is 21.0. The number of aryl methyl sites for hydroxylation is 1. The lowest BCUT2D eigenvalue weighted by molar-refractivity contribution is -0.130. The van der Waals surface area contributed by atoms with E-state index in [-0.39, 0.29) is 23.3 Å². The number of nitrogens with zero attached hydrogens (tertiary/aromatic N) is 3. The maximum Gasteiger partial charge on any atom is 0.259 e. The lowest BCUT2D eigenvalue weighted by atomic mass is 10.0. The lowest BCUT2D eigenvalue weighted by Gasteiger charge is -2.20. The first-order chi connectivity index (χ1) is 15.0. The molecule has 0 radical (unpaired) electrons. The van der Waals surface area contributed by atoms with Gasteiger partial charge in [0.25, 0.3) is 11.6 Å². The number of carbonyl (C=O) groups excluding carboxylic acids is 2. The molecular weight excluding hydrogens is 399 g/mol. The summed E-state index contributed by atoms with van der Waals surface area (Å²) in [5.74, 6) is -0.408. The van der Waals surface area contributed by atoms with Crippen molar-refractivity contribution < 1.29 is 18.5 Å². The highest BCUT2D eigenvalue weighted by Crippen LogP contribution is 2.27. The van der Waals surface area contributed by atoms with Crippen molar-refractivity contribution in [2.45, 2.75) is 39.0 Å². The largest absolute Gasteiger partial charge is 0.352 e. The summed E-state index contributed by atoms with van der Waals surface area (Å²) in [6, 6.07) is 7.57. The number of nitrogens with one attached hydrogen (secondary N) is 1. The molecule has 1 fully saturated rings. The first-order valence-corrected chi connectivity index (χ1v) is 10.6. The number of likely N-dealkylation sites (tertiary alicyclic amines) is 1. The van der Waals surface area contributed by atoms with E-state index in [4.69, 9.17) is 4.52 Å². The summed E-state index contributed by atoms with van der Waals surface area (Å²) in [6.07, 6.45) is 4.37. The van der Waals surface area contributed by atoms with Crippen molar-refractivity contribution in [1.82, 2.24) is 20.4 Å². The zero-order valence-electron chi connectivity index (χ0n) is 17.5. The van der Waals surface area contributed by atoms with Crippen molar-refractivity contribution in [2.24, 2.45) is 0 Å². The minimum absolute atomic E-state index is 0.198. The van der Waals surface area contributed by atoms with Crippen molar-refractivity contribution >= 4 is 22.9 Å². The summed E-state index contributed by atoms with van der Waals surface area (Å²) in [5.41, 5.74) is 2.43. The number of amides is 2. The van der Waals surface area contributed by atoms with Gasteiger partial charge in [-0.25, -0.2) is 9.37 Å². The Bertz CT molecular complexity index is 1090. The van der Waals surface area contributed by atoms with E-state index in [1.165, 1.54) is 12.1 Å². The smallest absolute Gasteiger partial charge is 0.259 e. The second-order valence-electron chi connectivity index (χ2n) is 7.81. The molecule has 2 amide bonds. The zero-order chi connectivity index (χ0) is 21.8. The molecule has 4 rings (SSSR count). The molecule has 0 spiro atoms. The Balaban J connectivity index is 1.48. The van der Waals surface area contributed by atoms with Crippen LogP contribution in [0.5, 0.6) is 0 Å². The average molecular weight is 424 g/mol. The molecule has 7 nitrogen and oxygen atoms in total. The molecule has 1 aliphatic heterocycles. The van der Waals surface area contributed by atoms with Gasteiger partial charge in [0.15, 0.2) is 0 Å². The van der Waals surface area contributed by atoms with Crippen LogP contribution in [0.25, 0.3) is 22.4 Å². The molecule has 8 heteroatoms. The fourth-order valence-corrected chi connectivity index (χ4v) is 3.88. The van der Waals surface area contributed by atoms with Gasteiger partial charge >= 0.3 is 0 Å². The number of rotatable bonds is 6. The monoisotopic (exact) mass is 424 g/mol. The third-order valence-electron chi connectivity index (χ3n) is 5.56. The number of benzene rings is 1. The minimum atomic E-state index is -0.346. The normalized spacial score (nSPS) is 14.6. The molecule has 0 atom stereocenters. The van der Waals surface area contributed by atoms with E-state index < -0.39 is 0 Å². The van der Waals surface area contributed by atoms with Gasteiger partial charge in [-0.2, -0.15) is 0 Å². The van der Waals surface area contributed by atoms with Crippen LogP contribution >= 0.6 is 0 Å². The van der Waals surface area contributed by atoms with Gasteiger partial charge in [0.1, 0.15) is 5.82 Å². The molecule has 1 aliphatic rings. The molecule has 3 aromatic rings. The van der Waals surface area contributed by atoms with Crippen LogP contribution < -0.4 is 5.32 Å². The van der Waals surface area contributed by atoms with Gasteiger partial charge in [0.05, 0.1) is 22.3 Å². The first-order valence-electron chi connectivity index (χ1n) is 10.6. The van der Waals surface area contributed by atoms with Crippen LogP contribution in [0.1, 0.15) is 48.2 Å². The predicted octanol–water partition coefficient (Wildman–Crippen LogP) is 3.86. The molecule has 0 unspecified atom stereocenters. The van der Waals surface area contributed by atoms with E-state index in [9.17, 15) is 14.0 Å². The highest BCUT2D eigenvalue weighted by atomic mass is 19.1. The lowest BCUT2D eigenvalue weighted by Crippen LogP contribution is -2.34. The maximum absolute atomic E-state index is 13.3. The molecule has 0 bridgehead atoms. The summed E-state index contributed by atoms with van der Waals surface area (Å²) in [5, 5.41) is 7.43. The molecular formula is C23H25FN4O3. The average Bonchev–Trinajstić information content (AvgIpc) is 3.02. The van der Waals surface area contributed by atoms with Crippen LogP contribution in [0.2, 0.25) is 0 Å². The summed E-state index contributed by atoms with van der Waals surface area (Å²) in [7, 11) is 0. The summed E-state index contributed by atoms with van der Waals surface area (Å²) < 4.78 is 18.6. The summed E-state index contributed by atoms with van der Waals surface area (Å²) >= 11 is 0. The zero-order valence-corrected chi connectivity index (χ0v) is 17.5. The minimum Gasteiger partial charge on any atom is -0.352 e. The fourth-order valence-electron chi connectivity index (χ4n) is 3.88. The van der Waals surface area contributed by atoms with E-state index in [0.717, 1.165) is 25.8 Å². The molecule has 2 aromatic heterocycles. The van der Waals surface area contributed by atoms with Gasteiger partial charge in [-0.15, -0.1) is 0 Å². The molecule has 1 saturated heterocycles. The molecule has 3 heterocycles. The highest BCUT2D eigenvalue weighted by Gasteiger charge is 2.20. The van der Waals surface area contributed by atoms with Gasteiger partial charge in [0, 0.05) is 31.6 Å². The van der Waals surface area contributed by atoms with E-state index >= 15 is 0 Å². The number of fused-ring (bicyclic) bond motifs is 1. The predicted molar refractivity (Wildman–Crippen MR) is 114 cm³/mol. The van der Waals surface area contributed by atoms with Crippen LogP contribution in [0.4, 0.5) is 4.39 Å². The standard InChI is InChI=1S/C23H25FN4O3/c1-15-21-18(22(30)25-11-5-13-28-12-4-2-3-6-20(28)29)14-19(26-23(21)31-27-15)16-7-9-17(24)10-8-16/h7-10,14H,2-6,11-13H2,1H3,(H,25,30). The Kier molecular flexibility index (Phi) is 6.25. The molecule has 0 saturated carbocycles. The molecule has 1 aromatic carbocycles. The Morgan fingerprint density at radius 2 is 2.03 bits per heavy atom. The Hall–Kier alpha value is -3.29. The Morgan fingerprint density at radius 1 is 1.23 bits per heavy atom. The van der Waals surface area contributed by atoms with Gasteiger partial charge in [-0.1, -0.05) is 11.6 Å². The third-order valence-corrected chi connectivity index (χ3v) is 5.56. The SMILES string of the molecule is Cc1noc2nc(-c3ccc(F)cc3)cc(C(=O)NCCCN3CCCCCC3=O)c12. The molecule has 1 N–H and O–H groups in total. The maximum atomic E-state index is 13.3. The number of pyridine rings is 1. The number of hydrogen-bond donors (Lipinski definition) is 1. The van der Waals surface area contributed by atoms with Crippen molar-refractivity contribution in [3.63, 3.8) is 0 Å². The number of halogens is 1. The highest BCUT2D eigenvalue weighted by molar-refractivity contribution is 6.07. The third kappa shape index (κ3) is 4.73.